The predicted molar refractivity (Wildman–Crippen MR) is 124 cm³/mol. The lowest BCUT2D eigenvalue weighted by molar-refractivity contribution is -0.136. The Balaban J connectivity index is 1.43. The Kier molecular flexibility index (Phi) is 7.31. The number of amides is 2. The Bertz CT molecular complexity index is 764. The molecule has 0 unspecified atom stereocenters. The lowest BCUT2D eigenvalue weighted by Gasteiger charge is -2.41. The van der Waals surface area contributed by atoms with Crippen molar-refractivity contribution >= 4 is 11.8 Å². The molecule has 1 aromatic carbocycles. The highest BCUT2D eigenvalue weighted by atomic mass is 16.2. The number of nitrogens with one attached hydrogen (secondary N) is 1. The Labute approximate surface area is 187 Å². The number of hydrogen-bond acceptors (Lipinski definition) is 3. The Morgan fingerprint density at radius 3 is 2.42 bits per heavy atom. The topological polar surface area (TPSA) is 52.7 Å². The number of nitrogens with zero attached hydrogens (tertiary/aromatic N) is 2. The summed E-state index contributed by atoms with van der Waals surface area (Å²) in [6.07, 6.45) is 8.64. The highest BCUT2D eigenvalue weighted by Gasteiger charge is 2.38. The van der Waals surface area contributed by atoms with Crippen molar-refractivity contribution < 1.29 is 9.59 Å². The van der Waals surface area contributed by atoms with Crippen LogP contribution >= 0.6 is 0 Å². The number of aryl methyl sites for hydroxylation is 1. The molecule has 0 bridgehead atoms. The first-order valence-corrected chi connectivity index (χ1v) is 12.4. The van der Waals surface area contributed by atoms with Gasteiger partial charge in [0.25, 0.3) is 0 Å². The fourth-order valence-corrected chi connectivity index (χ4v) is 5.84. The fourth-order valence-electron chi connectivity index (χ4n) is 5.84. The maximum Gasteiger partial charge on any atom is 0.238 e. The molecule has 5 heteroatoms. The molecule has 0 spiro atoms. The van der Waals surface area contributed by atoms with Gasteiger partial charge in [-0.3, -0.25) is 14.5 Å². The monoisotopic (exact) mass is 425 g/mol. The Hall–Kier alpha value is -1.88. The predicted octanol–water partition coefficient (Wildman–Crippen LogP) is 3.93. The molecule has 2 fully saturated rings. The van der Waals surface area contributed by atoms with Gasteiger partial charge in [0.05, 0.1) is 12.1 Å². The zero-order chi connectivity index (χ0) is 21.8. The summed E-state index contributed by atoms with van der Waals surface area (Å²) < 4.78 is 0. The van der Waals surface area contributed by atoms with E-state index in [1.165, 1.54) is 24.0 Å². The van der Waals surface area contributed by atoms with Gasteiger partial charge in [-0.25, -0.2) is 0 Å². The first kappa shape index (κ1) is 22.3. The molecule has 3 aliphatic rings. The molecule has 0 radical (unpaired) electrons. The number of rotatable bonds is 6. The summed E-state index contributed by atoms with van der Waals surface area (Å²) in [7, 11) is 0. The molecule has 4 rings (SSSR count). The number of fused-ring (bicyclic) bond motifs is 1. The minimum atomic E-state index is -0.0565. The third-order valence-corrected chi connectivity index (χ3v) is 7.44. The van der Waals surface area contributed by atoms with Crippen LogP contribution in [0, 0.1) is 11.8 Å². The Morgan fingerprint density at radius 2 is 1.71 bits per heavy atom. The highest BCUT2D eigenvalue weighted by Crippen LogP contribution is 2.33. The van der Waals surface area contributed by atoms with Crippen molar-refractivity contribution in [3.8, 4) is 0 Å². The molecule has 1 aromatic rings. The number of hydrogen-bond donors (Lipinski definition) is 1. The second kappa shape index (κ2) is 10.2. The zero-order valence-corrected chi connectivity index (χ0v) is 19.3. The van der Waals surface area contributed by atoms with Crippen molar-refractivity contribution in [2.24, 2.45) is 11.8 Å². The number of piperazine rings is 1. The molecule has 2 atom stereocenters. The summed E-state index contributed by atoms with van der Waals surface area (Å²) in [5, 5.41) is 3.45. The van der Waals surface area contributed by atoms with Crippen LogP contribution in [0.5, 0.6) is 0 Å². The number of carbonyl (C=O) groups excluding carboxylic acids is 2. The van der Waals surface area contributed by atoms with E-state index in [1.807, 2.05) is 4.90 Å². The summed E-state index contributed by atoms with van der Waals surface area (Å²) in [6, 6.07) is 8.66. The van der Waals surface area contributed by atoms with Crippen LogP contribution in [-0.2, 0) is 16.0 Å². The molecule has 170 valence electrons. The maximum absolute atomic E-state index is 13.6. The third-order valence-electron chi connectivity index (χ3n) is 7.44. The van der Waals surface area contributed by atoms with Gasteiger partial charge in [0.2, 0.25) is 11.8 Å². The normalized spacial score (nSPS) is 23.6. The van der Waals surface area contributed by atoms with Crippen molar-refractivity contribution in [2.75, 3.05) is 26.2 Å². The average molecular weight is 426 g/mol. The van der Waals surface area contributed by atoms with Gasteiger partial charge in [0.15, 0.2) is 0 Å². The van der Waals surface area contributed by atoms with E-state index in [2.05, 4.69) is 48.3 Å². The lowest BCUT2D eigenvalue weighted by atomic mass is 9.87. The minimum absolute atomic E-state index is 0.0565. The smallest absolute Gasteiger partial charge is 0.238 e. The van der Waals surface area contributed by atoms with Crippen molar-refractivity contribution in [1.29, 1.82) is 0 Å². The van der Waals surface area contributed by atoms with E-state index >= 15 is 0 Å². The lowest BCUT2D eigenvalue weighted by Crippen LogP contribution is -2.58. The molecule has 1 aliphatic heterocycles. The molecular formula is C26H39N3O2. The molecule has 1 saturated carbocycles. The van der Waals surface area contributed by atoms with E-state index in [-0.39, 0.29) is 23.9 Å². The van der Waals surface area contributed by atoms with Gasteiger partial charge in [-0.15, -0.1) is 0 Å². The van der Waals surface area contributed by atoms with Crippen LogP contribution in [0.4, 0.5) is 0 Å². The second-order valence-corrected chi connectivity index (χ2v) is 10.2. The van der Waals surface area contributed by atoms with Gasteiger partial charge < -0.3 is 10.2 Å². The third kappa shape index (κ3) is 5.31. The molecular weight excluding hydrogens is 386 g/mol. The van der Waals surface area contributed by atoms with Crippen molar-refractivity contribution in [1.82, 2.24) is 15.1 Å². The summed E-state index contributed by atoms with van der Waals surface area (Å²) in [5.41, 5.74) is 2.69. The molecule has 0 aromatic heterocycles. The van der Waals surface area contributed by atoms with Crippen LogP contribution in [0.15, 0.2) is 24.3 Å². The minimum Gasteiger partial charge on any atom is -0.348 e. The van der Waals surface area contributed by atoms with Gasteiger partial charge >= 0.3 is 0 Å². The second-order valence-electron chi connectivity index (χ2n) is 10.2. The summed E-state index contributed by atoms with van der Waals surface area (Å²) in [6.45, 7) is 7.29. The average Bonchev–Trinajstić information content (AvgIpc) is 3.28. The highest BCUT2D eigenvalue weighted by molar-refractivity contribution is 5.83. The van der Waals surface area contributed by atoms with E-state index in [9.17, 15) is 9.59 Å². The number of benzene rings is 1. The summed E-state index contributed by atoms with van der Waals surface area (Å²) >= 11 is 0. The molecule has 1 N–H and O–H groups in total. The first-order chi connectivity index (χ1) is 15.0. The van der Waals surface area contributed by atoms with Crippen LogP contribution < -0.4 is 5.32 Å². The van der Waals surface area contributed by atoms with Crippen LogP contribution in [0.3, 0.4) is 0 Å². The van der Waals surface area contributed by atoms with Crippen LogP contribution in [-0.4, -0.2) is 53.8 Å². The largest absolute Gasteiger partial charge is 0.348 e. The molecule has 2 aliphatic carbocycles. The van der Waals surface area contributed by atoms with Crippen LogP contribution in [0.2, 0.25) is 0 Å². The van der Waals surface area contributed by atoms with Gasteiger partial charge in [0.1, 0.15) is 0 Å². The van der Waals surface area contributed by atoms with Crippen LogP contribution in [0.1, 0.15) is 76.0 Å². The van der Waals surface area contributed by atoms with Crippen molar-refractivity contribution in [3.63, 3.8) is 0 Å². The summed E-state index contributed by atoms with van der Waals surface area (Å²) in [5.74, 6) is 1.29. The number of carbonyl (C=O) groups is 2. The van der Waals surface area contributed by atoms with E-state index in [0.717, 1.165) is 58.3 Å². The van der Waals surface area contributed by atoms with E-state index in [1.54, 1.807) is 0 Å². The Morgan fingerprint density at radius 1 is 1.00 bits per heavy atom. The van der Waals surface area contributed by atoms with Gasteiger partial charge in [-0.05, 0) is 55.1 Å². The standard InChI is InChI=1S/C26H39N3O2/c1-19(2)18-24(30)28-14-16-29(17-15-28)25(21-9-3-4-10-21)26(31)27-23-13-7-11-20-8-5-6-12-22(20)23/h5-6,8,12,19,21,23,25H,3-4,7,9-11,13-18H2,1-2H3,(H,27,31)/t23-,25-/m0/s1. The van der Waals surface area contributed by atoms with Crippen molar-refractivity contribution in [2.45, 2.75) is 77.3 Å². The molecule has 5 nitrogen and oxygen atoms in total. The van der Waals surface area contributed by atoms with Gasteiger partial charge in [0, 0.05) is 32.6 Å². The van der Waals surface area contributed by atoms with Gasteiger partial charge in [-0.2, -0.15) is 0 Å². The fraction of sp³-hybridized carbons (Fsp3) is 0.692. The SMILES string of the molecule is CC(C)CC(=O)N1CCN([C@H](C(=O)N[C@H]2CCCc3ccccc32)C2CCCC2)CC1. The van der Waals surface area contributed by atoms with E-state index in [0.29, 0.717) is 18.3 Å². The maximum atomic E-state index is 13.6. The van der Waals surface area contributed by atoms with Gasteiger partial charge in [-0.1, -0.05) is 51.0 Å². The molecule has 1 heterocycles. The quantitative estimate of drug-likeness (QED) is 0.751. The van der Waals surface area contributed by atoms with Crippen molar-refractivity contribution in [3.05, 3.63) is 35.4 Å². The first-order valence-electron chi connectivity index (χ1n) is 12.4. The summed E-state index contributed by atoms with van der Waals surface area (Å²) in [4.78, 5) is 30.5. The van der Waals surface area contributed by atoms with E-state index in [4.69, 9.17) is 0 Å². The molecule has 31 heavy (non-hydrogen) atoms. The molecule has 2 amide bonds. The zero-order valence-electron chi connectivity index (χ0n) is 19.3. The van der Waals surface area contributed by atoms with E-state index < -0.39 is 0 Å². The van der Waals surface area contributed by atoms with Crippen LogP contribution in [0.25, 0.3) is 0 Å². The molecule has 1 saturated heterocycles.